The summed E-state index contributed by atoms with van der Waals surface area (Å²) in [4.78, 5) is 15.8. The van der Waals surface area contributed by atoms with Gasteiger partial charge in [0.1, 0.15) is 5.69 Å². The van der Waals surface area contributed by atoms with Crippen LogP contribution < -0.4 is 10.2 Å². The molecule has 1 saturated heterocycles. The van der Waals surface area contributed by atoms with E-state index in [2.05, 4.69) is 59.8 Å². The summed E-state index contributed by atoms with van der Waals surface area (Å²) in [6.45, 7) is 12.1. The average molecular weight is 418 g/mol. The number of ether oxygens (including phenoxy) is 1. The summed E-state index contributed by atoms with van der Waals surface area (Å²) in [6.07, 6.45) is 0. The van der Waals surface area contributed by atoms with Gasteiger partial charge in [0.15, 0.2) is 0 Å². The van der Waals surface area contributed by atoms with Crippen molar-refractivity contribution in [3.05, 3.63) is 82.2 Å². The van der Waals surface area contributed by atoms with E-state index in [-0.39, 0.29) is 5.91 Å². The van der Waals surface area contributed by atoms with E-state index in [0.717, 1.165) is 41.4 Å². The van der Waals surface area contributed by atoms with Crippen LogP contribution in [0.1, 0.15) is 38.4 Å². The largest absolute Gasteiger partial charge is 0.378 e. The third-order valence-corrected chi connectivity index (χ3v) is 6.04. The minimum absolute atomic E-state index is 0.0731. The molecule has 31 heavy (non-hydrogen) atoms. The van der Waals surface area contributed by atoms with Gasteiger partial charge in [-0.15, -0.1) is 0 Å². The molecular formula is C26H31N3O2. The number of nitrogens with one attached hydrogen (secondary N) is 1. The van der Waals surface area contributed by atoms with Crippen LogP contribution in [0, 0.1) is 27.7 Å². The van der Waals surface area contributed by atoms with Crippen LogP contribution in [0.25, 0.3) is 0 Å². The van der Waals surface area contributed by atoms with Crippen LogP contribution in [0.4, 0.5) is 11.4 Å². The highest BCUT2D eigenvalue weighted by molar-refractivity contribution is 6.05. The van der Waals surface area contributed by atoms with Gasteiger partial charge in [0.25, 0.3) is 5.91 Å². The summed E-state index contributed by atoms with van der Waals surface area (Å²) < 4.78 is 7.71. The second kappa shape index (κ2) is 8.98. The number of benzene rings is 2. The minimum atomic E-state index is -0.0731. The van der Waals surface area contributed by atoms with E-state index in [9.17, 15) is 4.79 Å². The molecule has 4 rings (SSSR count). The second-order valence-corrected chi connectivity index (χ2v) is 8.40. The number of carbonyl (C=O) groups excluding carboxylic acids is 1. The minimum Gasteiger partial charge on any atom is -0.378 e. The van der Waals surface area contributed by atoms with E-state index >= 15 is 0 Å². The van der Waals surface area contributed by atoms with Crippen LogP contribution in [-0.4, -0.2) is 36.8 Å². The fourth-order valence-corrected chi connectivity index (χ4v) is 4.33. The van der Waals surface area contributed by atoms with Gasteiger partial charge in [0.2, 0.25) is 0 Å². The van der Waals surface area contributed by atoms with Gasteiger partial charge in [-0.05, 0) is 45.4 Å². The van der Waals surface area contributed by atoms with Crippen LogP contribution in [0.3, 0.4) is 0 Å². The molecule has 0 atom stereocenters. The van der Waals surface area contributed by atoms with Crippen molar-refractivity contribution < 1.29 is 9.53 Å². The molecule has 1 aliphatic rings. The third kappa shape index (κ3) is 4.52. The first-order valence-corrected chi connectivity index (χ1v) is 10.9. The van der Waals surface area contributed by atoms with Crippen LogP contribution in [-0.2, 0) is 11.3 Å². The Morgan fingerprint density at radius 3 is 2.10 bits per heavy atom. The standard InChI is InChI=1S/C26H31N3O2/c1-18-5-9-22(10-6-18)17-29-21(4)24(28-13-15-31-16-14-28)20(3)25(29)26(30)27-23-11-7-19(2)8-12-23/h5-12H,13-17H2,1-4H3,(H,27,30). The van der Waals surface area contributed by atoms with Crippen molar-refractivity contribution >= 4 is 17.3 Å². The van der Waals surface area contributed by atoms with Gasteiger partial charge >= 0.3 is 0 Å². The van der Waals surface area contributed by atoms with Crippen molar-refractivity contribution in [2.24, 2.45) is 0 Å². The predicted octanol–water partition coefficient (Wildman–Crippen LogP) is 4.86. The summed E-state index contributed by atoms with van der Waals surface area (Å²) >= 11 is 0. The summed E-state index contributed by atoms with van der Waals surface area (Å²) in [5.74, 6) is -0.0731. The summed E-state index contributed by atoms with van der Waals surface area (Å²) in [7, 11) is 0. The number of hydrogen-bond donors (Lipinski definition) is 1. The lowest BCUT2D eigenvalue weighted by molar-refractivity contribution is 0.101. The number of morpholine rings is 1. The number of anilines is 2. The van der Waals surface area contributed by atoms with Crippen molar-refractivity contribution in [2.75, 3.05) is 36.5 Å². The summed E-state index contributed by atoms with van der Waals surface area (Å²) in [5.41, 5.74) is 8.41. The Balaban J connectivity index is 1.74. The highest BCUT2D eigenvalue weighted by Crippen LogP contribution is 2.32. The third-order valence-electron chi connectivity index (χ3n) is 6.04. The van der Waals surface area contributed by atoms with Gasteiger partial charge in [0.05, 0.1) is 18.9 Å². The number of aromatic nitrogens is 1. The Kier molecular flexibility index (Phi) is 6.14. The molecule has 5 nitrogen and oxygen atoms in total. The molecule has 3 aromatic rings. The van der Waals surface area contributed by atoms with Gasteiger partial charge in [-0.2, -0.15) is 0 Å². The molecule has 5 heteroatoms. The topological polar surface area (TPSA) is 46.5 Å². The predicted molar refractivity (Wildman–Crippen MR) is 126 cm³/mol. The monoisotopic (exact) mass is 417 g/mol. The Morgan fingerprint density at radius 1 is 0.903 bits per heavy atom. The van der Waals surface area contributed by atoms with E-state index in [4.69, 9.17) is 4.74 Å². The van der Waals surface area contributed by atoms with Crippen molar-refractivity contribution in [1.82, 2.24) is 4.57 Å². The highest BCUT2D eigenvalue weighted by Gasteiger charge is 2.27. The van der Waals surface area contributed by atoms with Gasteiger partial charge in [-0.1, -0.05) is 47.5 Å². The molecule has 0 spiro atoms. The number of hydrogen-bond acceptors (Lipinski definition) is 3. The Morgan fingerprint density at radius 2 is 1.48 bits per heavy atom. The van der Waals surface area contributed by atoms with E-state index < -0.39 is 0 Å². The first-order chi connectivity index (χ1) is 14.9. The zero-order chi connectivity index (χ0) is 22.0. The molecular weight excluding hydrogens is 386 g/mol. The quantitative estimate of drug-likeness (QED) is 0.645. The summed E-state index contributed by atoms with van der Waals surface area (Å²) in [6, 6.07) is 16.4. The smallest absolute Gasteiger partial charge is 0.272 e. The van der Waals surface area contributed by atoms with Crippen molar-refractivity contribution in [3.63, 3.8) is 0 Å². The number of nitrogens with zero attached hydrogens (tertiary/aromatic N) is 2. The molecule has 0 saturated carbocycles. The lowest BCUT2D eigenvalue weighted by Gasteiger charge is -2.29. The maximum Gasteiger partial charge on any atom is 0.272 e. The van der Waals surface area contributed by atoms with Crippen LogP contribution >= 0.6 is 0 Å². The molecule has 1 aromatic heterocycles. The Hall–Kier alpha value is -3.05. The number of carbonyl (C=O) groups is 1. The molecule has 1 aliphatic heterocycles. The molecule has 0 aliphatic carbocycles. The Bertz CT molecular complexity index is 1060. The zero-order valence-electron chi connectivity index (χ0n) is 18.9. The van der Waals surface area contributed by atoms with E-state index in [1.807, 2.05) is 31.2 Å². The lowest BCUT2D eigenvalue weighted by Crippen LogP contribution is -2.36. The molecule has 0 radical (unpaired) electrons. The van der Waals surface area contributed by atoms with Gasteiger partial charge in [-0.3, -0.25) is 4.79 Å². The zero-order valence-corrected chi connectivity index (χ0v) is 18.9. The van der Waals surface area contributed by atoms with Crippen molar-refractivity contribution in [2.45, 2.75) is 34.2 Å². The van der Waals surface area contributed by atoms with Gasteiger partial charge < -0.3 is 19.5 Å². The molecule has 2 heterocycles. The number of aryl methyl sites for hydroxylation is 2. The maximum atomic E-state index is 13.5. The Labute approximate surface area is 184 Å². The fourth-order valence-electron chi connectivity index (χ4n) is 4.33. The number of amides is 1. The van der Waals surface area contributed by atoms with E-state index in [1.54, 1.807) is 0 Å². The number of rotatable bonds is 5. The fraction of sp³-hybridized carbons (Fsp3) is 0.346. The van der Waals surface area contributed by atoms with Crippen LogP contribution in [0.15, 0.2) is 48.5 Å². The molecule has 1 N–H and O–H groups in total. The molecule has 1 amide bonds. The van der Waals surface area contributed by atoms with Crippen LogP contribution in [0.5, 0.6) is 0 Å². The van der Waals surface area contributed by atoms with E-state index in [1.165, 1.54) is 16.7 Å². The molecule has 1 fully saturated rings. The second-order valence-electron chi connectivity index (χ2n) is 8.40. The van der Waals surface area contributed by atoms with Crippen molar-refractivity contribution in [1.29, 1.82) is 0 Å². The first kappa shape index (κ1) is 21.2. The van der Waals surface area contributed by atoms with Gasteiger partial charge in [-0.25, -0.2) is 0 Å². The average Bonchev–Trinajstić information content (AvgIpc) is 3.01. The van der Waals surface area contributed by atoms with Crippen molar-refractivity contribution in [3.8, 4) is 0 Å². The van der Waals surface area contributed by atoms with Crippen LogP contribution in [0.2, 0.25) is 0 Å². The SMILES string of the molecule is Cc1ccc(Cn2c(C)c(N3CCOCC3)c(C)c2C(=O)Nc2ccc(C)cc2)cc1. The molecule has 162 valence electrons. The molecule has 0 bridgehead atoms. The highest BCUT2D eigenvalue weighted by atomic mass is 16.5. The normalized spacial score (nSPS) is 14.0. The lowest BCUT2D eigenvalue weighted by atomic mass is 10.1. The van der Waals surface area contributed by atoms with Gasteiger partial charge in [0, 0.05) is 36.6 Å². The maximum absolute atomic E-state index is 13.5. The first-order valence-electron chi connectivity index (χ1n) is 10.9. The molecule has 0 unspecified atom stereocenters. The van der Waals surface area contributed by atoms with E-state index in [0.29, 0.717) is 19.8 Å². The summed E-state index contributed by atoms with van der Waals surface area (Å²) in [5, 5.41) is 3.10. The molecule has 2 aromatic carbocycles.